The van der Waals surface area contributed by atoms with E-state index in [1.54, 1.807) is 49.4 Å². The van der Waals surface area contributed by atoms with Crippen molar-refractivity contribution in [2.24, 2.45) is 0 Å². The number of fused-ring (bicyclic) bond motifs is 1. The summed E-state index contributed by atoms with van der Waals surface area (Å²) in [6.07, 6.45) is 2.47. The van der Waals surface area contributed by atoms with Crippen LogP contribution in [0.2, 0.25) is 5.02 Å². The van der Waals surface area contributed by atoms with Crippen molar-refractivity contribution in [1.82, 2.24) is 9.38 Å². The summed E-state index contributed by atoms with van der Waals surface area (Å²) in [5.41, 5.74) is 0.189. The van der Waals surface area contributed by atoms with Crippen LogP contribution in [0.15, 0.2) is 81.5 Å². The number of aryl methyl sites for hydroxylation is 1. The second-order valence-corrected chi connectivity index (χ2v) is 9.71. The first-order chi connectivity index (χ1) is 16.8. The summed E-state index contributed by atoms with van der Waals surface area (Å²) in [7, 11) is -2.80. The molecule has 10 heteroatoms. The summed E-state index contributed by atoms with van der Waals surface area (Å²) >= 11 is 5.86. The van der Waals surface area contributed by atoms with Gasteiger partial charge >= 0.3 is 0 Å². The second-order valence-electron chi connectivity index (χ2n) is 7.35. The van der Waals surface area contributed by atoms with Crippen LogP contribution in [0.5, 0.6) is 17.4 Å². The number of benzene rings is 2. The molecule has 0 radical (unpaired) electrons. The van der Waals surface area contributed by atoms with Gasteiger partial charge in [-0.1, -0.05) is 29.8 Å². The summed E-state index contributed by atoms with van der Waals surface area (Å²) in [5.74, 6) is 0.463. The number of nitrogens with zero attached hydrogens (tertiary/aromatic N) is 3. The molecule has 0 saturated carbocycles. The van der Waals surface area contributed by atoms with Gasteiger partial charge in [0.05, 0.1) is 12.0 Å². The van der Waals surface area contributed by atoms with E-state index in [2.05, 4.69) is 4.98 Å². The predicted octanol–water partition coefficient (Wildman–Crippen LogP) is 4.80. The van der Waals surface area contributed by atoms with Gasteiger partial charge in [0.15, 0.2) is 11.5 Å². The van der Waals surface area contributed by atoms with E-state index in [9.17, 15) is 18.5 Å². The first kappa shape index (κ1) is 24.0. The Hall–Kier alpha value is -4.13. The van der Waals surface area contributed by atoms with Crippen molar-refractivity contribution in [2.45, 2.75) is 11.8 Å². The lowest BCUT2D eigenvalue weighted by Gasteiger charge is -2.13. The molecule has 0 bridgehead atoms. The fraction of sp³-hybridized carbons (Fsp3) is 0.0800. The molecule has 0 aliphatic heterocycles. The lowest BCUT2D eigenvalue weighted by molar-refractivity contribution is 0.373. The molecule has 2 aromatic heterocycles. The summed E-state index contributed by atoms with van der Waals surface area (Å²) in [4.78, 5) is 17.1. The lowest BCUT2D eigenvalue weighted by Crippen LogP contribution is -2.20. The van der Waals surface area contributed by atoms with Gasteiger partial charge in [0.1, 0.15) is 22.2 Å². The summed E-state index contributed by atoms with van der Waals surface area (Å²) in [6, 6.07) is 17.2. The SMILES string of the molecule is COc1ccccc1Oc1nc2c(C)cccn2c(=O)c1/C=C(/C#N)S(=O)(=O)c1ccc(Cl)cc1. The fourth-order valence-corrected chi connectivity index (χ4v) is 4.61. The molecular formula is C25H18ClN3O5S. The molecule has 4 rings (SSSR count). The molecule has 2 heterocycles. The average molecular weight is 508 g/mol. The first-order valence-electron chi connectivity index (χ1n) is 10.2. The molecule has 0 unspecified atom stereocenters. The zero-order chi connectivity index (χ0) is 25.2. The molecule has 0 atom stereocenters. The topological polar surface area (TPSA) is 111 Å². The van der Waals surface area contributed by atoms with Crippen molar-refractivity contribution in [3.63, 3.8) is 0 Å². The zero-order valence-electron chi connectivity index (χ0n) is 18.6. The molecule has 0 amide bonds. The van der Waals surface area contributed by atoms with Crippen LogP contribution >= 0.6 is 11.6 Å². The van der Waals surface area contributed by atoms with Crippen LogP contribution in [0.25, 0.3) is 11.7 Å². The Balaban J connectivity index is 1.98. The first-order valence-corrected chi connectivity index (χ1v) is 12.1. The third-order valence-electron chi connectivity index (χ3n) is 5.12. The van der Waals surface area contributed by atoms with Gasteiger partial charge in [-0.2, -0.15) is 10.2 Å². The van der Waals surface area contributed by atoms with E-state index >= 15 is 0 Å². The fourth-order valence-electron chi connectivity index (χ4n) is 3.34. The maximum absolute atomic E-state index is 13.5. The Kier molecular flexibility index (Phi) is 6.60. The van der Waals surface area contributed by atoms with Gasteiger partial charge in [0, 0.05) is 11.2 Å². The molecule has 2 aromatic carbocycles. The van der Waals surface area contributed by atoms with Crippen molar-refractivity contribution >= 4 is 33.2 Å². The van der Waals surface area contributed by atoms with Crippen LogP contribution in [-0.4, -0.2) is 24.9 Å². The minimum Gasteiger partial charge on any atom is -0.493 e. The van der Waals surface area contributed by atoms with Crippen LogP contribution in [0.3, 0.4) is 0 Å². The van der Waals surface area contributed by atoms with Crippen LogP contribution < -0.4 is 15.0 Å². The van der Waals surface area contributed by atoms with Gasteiger partial charge in [-0.25, -0.2) is 8.42 Å². The monoisotopic (exact) mass is 507 g/mol. The Morgan fingerprint density at radius 3 is 2.43 bits per heavy atom. The summed E-state index contributed by atoms with van der Waals surface area (Å²) < 4.78 is 38.8. The zero-order valence-corrected chi connectivity index (χ0v) is 20.2. The molecule has 0 saturated heterocycles. The van der Waals surface area contributed by atoms with Crippen LogP contribution in [-0.2, 0) is 9.84 Å². The van der Waals surface area contributed by atoms with Crippen molar-refractivity contribution in [1.29, 1.82) is 5.26 Å². The lowest BCUT2D eigenvalue weighted by atomic mass is 10.2. The Labute approximate surface area is 206 Å². The smallest absolute Gasteiger partial charge is 0.269 e. The quantitative estimate of drug-likeness (QED) is 0.345. The van der Waals surface area contributed by atoms with E-state index in [1.807, 2.05) is 0 Å². The number of methoxy groups -OCH3 is 1. The highest BCUT2D eigenvalue weighted by Crippen LogP contribution is 2.32. The molecule has 8 nitrogen and oxygen atoms in total. The largest absolute Gasteiger partial charge is 0.493 e. The highest BCUT2D eigenvalue weighted by molar-refractivity contribution is 7.95. The van der Waals surface area contributed by atoms with Crippen LogP contribution in [0.4, 0.5) is 0 Å². The van der Waals surface area contributed by atoms with Gasteiger partial charge in [-0.05, 0) is 61.0 Å². The van der Waals surface area contributed by atoms with Crippen molar-refractivity contribution in [3.8, 4) is 23.4 Å². The van der Waals surface area contributed by atoms with Gasteiger partial charge < -0.3 is 9.47 Å². The Morgan fingerprint density at radius 2 is 1.77 bits per heavy atom. The molecule has 0 fully saturated rings. The number of hydrogen-bond acceptors (Lipinski definition) is 7. The van der Waals surface area contributed by atoms with Crippen LogP contribution in [0.1, 0.15) is 11.1 Å². The number of aromatic nitrogens is 2. The highest BCUT2D eigenvalue weighted by Gasteiger charge is 2.24. The minimum atomic E-state index is -4.26. The Morgan fingerprint density at radius 1 is 1.09 bits per heavy atom. The van der Waals surface area contributed by atoms with E-state index in [4.69, 9.17) is 21.1 Å². The molecule has 0 N–H and O–H groups in total. The Bertz CT molecular complexity index is 1670. The number of sulfone groups is 1. The number of rotatable bonds is 6. The average Bonchev–Trinajstić information content (AvgIpc) is 2.85. The summed E-state index contributed by atoms with van der Waals surface area (Å²) in [6.45, 7) is 1.77. The van der Waals surface area contributed by atoms with Crippen LogP contribution in [0, 0.1) is 18.3 Å². The predicted molar refractivity (Wildman–Crippen MR) is 131 cm³/mol. The molecular weight excluding hydrogens is 490 g/mol. The maximum atomic E-state index is 13.5. The number of ether oxygens (including phenoxy) is 2. The standard InChI is InChI=1S/C25H18ClN3O5S/c1-16-6-5-13-29-23(16)28-24(34-22-8-4-3-7-21(22)33-2)20(25(29)30)14-19(15-27)35(31,32)18-11-9-17(26)10-12-18/h3-14H,1-2H3/b19-14-. The molecule has 0 aliphatic rings. The van der Waals surface area contributed by atoms with E-state index in [0.717, 1.165) is 6.08 Å². The third kappa shape index (κ3) is 4.62. The highest BCUT2D eigenvalue weighted by atomic mass is 35.5. The number of pyridine rings is 1. The third-order valence-corrected chi connectivity index (χ3v) is 7.06. The van der Waals surface area contributed by atoms with E-state index in [0.29, 0.717) is 22.0 Å². The van der Waals surface area contributed by atoms with Gasteiger partial charge in [-0.3, -0.25) is 9.20 Å². The van der Waals surface area contributed by atoms with Gasteiger partial charge in [0.25, 0.3) is 5.56 Å². The van der Waals surface area contributed by atoms with E-state index < -0.39 is 20.3 Å². The van der Waals surface area contributed by atoms with Gasteiger partial charge in [0.2, 0.25) is 15.7 Å². The van der Waals surface area contributed by atoms with Crippen molar-refractivity contribution in [3.05, 3.63) is 98.3 Å². The number of para-hydroxylation sites is 2. The summed E-state index contributed by atoms with van der Waals surface area (Å²) in [5, 5.41) is 10.1. The number of nitriles is 1. The maximum Gasteiger partial charge on any atom is 0.269 e. The molecule has 35 heavy (non-hydrogen) atoms. The van der Waals surface area contributed by atoms with Crippen molar-refractivity contribution < 1.29 is 17.9 Å². The molecule has 0 aliphatic carbocycles. The second kappa shape index (κ2) is 9.62. The van der Waals surface area contributed by atoms with E-state index in [-0.39, 0.29) is 22.1 Å². The number of hydrogen-bond donors (Lipinski definition) is 0. The molecule has 4 aromatic rings. The van der Waals surface area contributed by atoms with Gasteiger partial charge in [-0.15, -0.1) is 0 Å². The number of halogens is 1. The molecule has 0 spiro atoms. The minimum absolute atomic E-state index is 0.147. The van der Waals surface area contributed by atoms with E-state index in [1.165, 1.54) is 42.0 Å². The van der Waals surface area contributed by atoms with Crippen molar-refractivity contribution in [2.75, 3.05) is 7.11 Å². The number of allylic oxidation sites excluding steroid dienone is 1. The molecule has 176 valence electrons. The normalized spacial score (nSPS) is 11.8.